The van der Waals surface area contributed by atoms with E-state index in [4.69, 9.17) is 4.74 Å². The van der Waals surface area contributed by atoms with Gasteiger partial charge in [0.05, 0.1) is 25.5 Å². The van der Waals surface area contributed by atoms with Crippen LogP contribution < -0.4 is 0 Å². The zero-order valence-electron chi connectivity index (χ0n) is 15.1. The Kier molecular flexibility index (Phi) is 5.29. The number of carbonyl (C=O) groups excluding carboxylic acids is 1. The summed E-state index contributed by atoms with van der Waals surface area (Å²) in [5.41, 5.74) is 1.98. The Bertz CT molecular complexity index is 718. The highest BCUT2D eigenvalue weighted by Gasteiger charge is 2.36. The van der Waals surface area contributed by atoms with E-state index in [0.717, 1.165) is 37.2 Å². The molecule has 138 valence electrons. The maximum atomic E-state index is 12.5. The van der Waals surface area contributed by atoms with Crippen molar-refractivity contribution in [2.45, 2.75) is 51.4 Å². The van der Waals surface area contributed by atoms with Crippen LogP contribution in [-0.2, 0) is 22.7 Å². The molecule has 6 heteroatoms. The summed E-state index contributed by atoms with van der Waals surface area (Å²) >= 11 is 0. The third-order valence-corrected chi connectivity index (χ3v) is 5.42. The van der Waals surface area contributed by atoms with Gasteiger partial charge >= 0.3 is 0 Å². The molecule has 1 aromatic carbocycles. The lowest BCUT2D eigenvalue weighted by atomic mass is 9.87. The highest BCUT2D eigenvalue weighted by molar-refractivity contribution is 5.79. The highest BCUT2D eigenvalue weighted by atomic mass is 16.5. The lowest BCUT2D eigenvalue weighted by Gasteiger charge is -2.41. The SMILES string of the molecule is O=C(C1CCCCC1)N1CC(n2cc(COCc3ccccc3)nn2)C1. The average molecular weight is 354 g/mol. The molecule has 0 unspecified atom stereocenters. The topological polar surface area (TPSA) is 60.2 Å². The third kappa shape index (κ3) is 3.96. The second kappa shape index (κ2) is 7.99. The number of aromatic nitrogens is 3. The zero-order valence-corrected chi connectivity index (χ0v) is 15.1. The van der Waals surface area contributed by atoms with Gasteiger partial charge in [0.15, 0.2) is 0 Å². The van der Waals surface area contributed by atoms with Gasteiger partial charge in [0.1, 0.15) is 5.69 Å². The van der Waals surface area contributed by atoms with E-state index in [1.807, 2.05) is 46.1 Å². The highest BCUT2D eigenvalue weighted by Crippen LogP contribution is 2.29. The molecular weight excluding hydrogens is 328 g/mol. The van der Waals surface area contributed by atoms with Crippen molar-refractivity contribution < 1.29 is 9.53 Å². The molecule has 6 nitrogen and oxygen atoms in total. The smallest absolute Gasteiger partial charge is 0.225 e. The Labute approximate surface area is 154 Å². The van der Waals surface area contributed by atoms with Crippen LogP contribution in [0.3, 0.4) is 0 Å². The number of carbonyl (C=O) groups is 1. The van der Waals surface area contributed by atoms with Gasteiger partial charge in [-0.05, 0) is 18.4 Å². The largest absolute Gasteiger partial charge is 0.370 e. The molecule has 0 bridgehead atoms. The summed E-state index contributed by atoms with van der Waals surface area (Å²) in [4.78, 5) is 14.5. The number of hydrogen-bond donors (Lipinski definition) is 0. The van der Waals surface area contributed by atoms with Crippen molar-refractivity contribution in [3.8, 4) is 0 Å². The van der Waals surface area contributed by atoms with Crippen LogP contribution in [0.25, 0.3) is 0 Å². The van der Waals surface area contributed by atoms with Crippen LogP contribution in [0.15, 0.2) is 36.5 Å². The molecular formula is C20H26N4O2. The van der Waals surface area contributed by atoms with E-state index >= 15 is 0 Å². The fourth-order valence-corrected chi connectivity index (χ4v) is 3.82. The molecule has 26 heavy (non-hydrogen) atoms. The first-order valence-electron chi connectivity index (χ1n) is 9.61. The van der Waals surface area contributed by atoms with Gasteiger partial charge in [-0.1, -0.05) is 54.8 Å². The molecule has 1 aliphatic carbocycles. The van der Waals surface area contributed by atoms with E-state index in [1.54, 1.807) is 0 Å². The Morgan fingerprint density at radius 3 is 2.62 bits per heavy atom. The van der Waals surface area contributed by atoms with Gasteiger partial charge in [-0.15, -0.1) is 5.10 Å². The summed E-state index contributed by atoms with van der Waals surface area (Å²) in [5, 5.41) is 8.41. The number of likely N-dealkylation sites (tertiary alicyclic amines) is 1. The van der Waals surface area contributed by atoms with Crippen LogP contribution in [0.5, 0.6) is 0 Å². The van der Waals surface area contributed by atoms with E-state index in [1.165, 1.54) is 19.3 Å². The summed E-state index contributed by atoms with van der Waals surface area (Å²) in [5.74, 6) is 0.592. The van der Waals surface area contributed by atoms with E-state index < -0.39 is 0 Å². The first-order chi connectivity index (χ1) is 12.8. The van der Waals surface area contributed by atoms with Crippen LogP contribution in [0.2, 0.25) is 0 Å². The molecule has 0 N–H and O–H groups in total. The Balaban J connectivity index is 1.22. The minimum atomic E-state index is 0.248. The first kappa shape index (κ1) is 17.2. The molecule has 2 aliphatic rings. The van der Waals surface area contributed by atoms with Crippen LogP contribution in [0, 0.1) is 5.92 Å². The number of ether oxygens (including phenoxy) is 1. The number of benzene rings is 1. The molecule has 2 heterocycles. The Morgan fingerprint density at radius 1 is 1.08 bits per heavy atom. The van der Waals surface area contributed by atoms with Crippen molar-refractivity contribution in [1.29, 1.82) is 0 Å². The normalized spacial score (nSPS) is 18.7. The van der Waals surface area contributed by atoms with Gasteiger partial charge in [-0.25, -0.2) is 4.68 Å². The number of amides is 1. The van der Waals surface area contributed by atoms with Gasteiger partial charge in [-0.3, -0.25) is 4.79 Å². The lowest BCUT2D eigenvalue weighted by Crippen LogP contribution is -2.53. The molecule has 2 aromatic rings. The maximum absolute atomic E-state index is 12.5. The second-order valence-corrected chi connectivity index (χ2v) is 7.40. The zero-order chi connectivity index (χ0) is 17.8. The molecule has 1 amide bonds. The molecule has 1 saturated carbocycles. The van der Waals surface area contributed by atoms with Gasteiger partial charge < -0.3 is 9.64 Å². The van der Waals surface area contributed by atoms with Crippen molar-refractivity contribution in [1.82, 2.24) is 19.9 Å². The lowest BCUT2D eigenvalue weighted by molar-refractivity contribution is -0.142. The van der Waals surface area contributed by atoms with Crippen molar-refractivity contribution in [2.24, 2.45) is 5.92 Å². The van der Waals surface area contributed by atoms with E-state index in [2.05, 4.69) is 10.3 Å². The minimum absolute atomic E-state index is 0.248. The average Bonchev–Trinajstić information content (AvgIpc) is 3.10. The standard InChI is InChI=1S/C20H26N4O2/c25-20(17-9-5-2-6-10-17)23-12-19(13-23)24-11-18(21-22-24)15-26-14-16-7-3-1-4-8-16/h1,3-4,7-8,11,17,19H,2,5-6,9-10,12-15H2. The van der Waals surface area contributed by atoms with Gasteiger partial charge in [0, 0.05) is 19.0 Å². The number of hydrogen-bond acceptors (Lipinski definition) is 4. The predicted octanol–water partition coefficient (Wildman–Crippen LogP) is 2.96. The fraction of sp³-hybridized carbons (Fsp3) is 0.550. The van der Waals surface area contributed by atoms with E-state index in [9.17, 15) is 4.79 Å². The van der Waals surface area contributed by atoms with Gasteiger partial charge in [0.2, 0.25) is 5.91 Å². The Hall–Kier alpha value is -2.21. The van der Waals surface area contributed by atoms with Crippen molar-refractivity contribution in [3.63, 3.8) is 0 Å². The summed E-state index contributed by atoms with van der Waals surface area (Å²) in [6, 6.07) is 10.3. The molecule has 0 spiro atoms. The second-order valence-electron chi connectivity index (χ2n) is 7.40. The number of rotatable bonds is 6. The van der Waals surface area contributed by atoms with Crippen LogP contribution >= 0.6 is 0 Å². The monoisotopic (exact) mass is 354 g/mol. The molecule has 2 fully saturated rings. The molecule has 0 radical (unpaired) electrons. The van der Waals surface area contributed by atoms with Crippen LogP contribution in [0.4, 0.5) is 0 Å². The van der Waals surface area contributed by atoms with Crippen LogP contribution in [-0.4, -0.2) is 38.9 Å². The molecule has 1 aliphatic heterocycles. The van der Waals surface area contributed by atoms with Gasteiger partial charge in [-0.2, -0.15) is 0 Å². The van der Waals surface area contributed by atoms with Gasteiger partial charge in [0.25, 0.3) is 0 Å². The molecule has 0 atom stereocenters. The summed E-state index contributed by atoms with van der Waals surface area (Å²) in [7, 11) is 0. The maximum Gasteiger partial charge on any atom is 0.225 e. The van der Waals surface area contributed by atoms with Crippen molar-refractivity contribution in [2.75, 3.05) is 13.1 Å². The summed E-state index contributed by atoms with van der Waals surface area (Å²) < 4.78 is 7.59. The fourth-order valence-electron chi connectivity index (χ4n) is 3.82. The van der Waals surface area contributed by atoms with Crippen molar-refractivity contribution >= 4 is 5.91 Å². The minimum Gasteiger partial charge on any atom is -0.370 e. The Morgan fingerprint density at radius 2 is 1.85 bits per heavy atom. The van der Waals surface area contributed by atoms with E-state index in [-0.39, 0.29) is 12.0 Å². The van der Waals surface area contributed by atoms with E-state index in [0.29, 0.717) is 19.1 Å². The third-order valence-electron chi connectivity index (χ3n) is 5.42. The molecule has 1 saturated heterocycles. The van der Waals surface area contributed by atoms with Crippen molar-refractivity contribution in [3.05, 3.63) is 47.8 Å². The summed E-state index contributed by atoms with van der Waals surface area (Å²) in [6.45, 7) is 2.53. The quantitative estimate of drug-likeness (QED) is 0.800. The molecule has 1 aromatic heterocycles. The molecule has 4 rings (SSSR count). The number of nitrogens with zero attached hydrogens (tertiary/aromatic N) is 4. The van der Waals surface area contributed by atoms with Crippen LogP contribution in [0.1, 0.15) is 49.4 Å². The first-order valence-corrected chi connectivity index (χ1v) is 9.61. The summed E-state index contributed by atoms with van der Waals surface area (Å²) in [6.07, 6.45) is 7.74. The predicted molar refractivity (Wildman–Crippen MR) is 97.1 cm³/mol.